The highest BCUT2D eigenvalue weighted by Gasteiger charge is 2.15. The zero-order chi connectivity index (χ0) is 12.8. The minimum Gasteiger partial charge on any atom is -0.348 e. The number of nitrogens with zero attached hydrogens (tertiary/aromatic N) is 1. The Bertz CT molecular complexity index is 371. The molecule has 0 aromatic heterocycles. The summed E-state index contributed by atoms with van der Waals surface area (Å²) in [5, 5.41) is 3.06. The molecule has 3 nitrogen and oxygen atoms in total. The molecule has 0 bridgehead atoms. The van der Waals surface area contributed by atoms with Gasteiger partial charge >= 0.3 is 0 Å². The molecule has 1 aromatic carbocycles. The van der Waals surface area contributed by atoms with Gasteiger partial charge in [-0.3, -0.25) is 9.69 Å². The number of rotatable bonds is 4. The van der Waals surface area contributed by atoms with E-state index in [1.807, 2.05) is 37.3 Å². The summed E-state index contributed by atoms with van der Waals surface area (Å²) in [7, 11) is 0. The first-order valence-corrected chi connectivity index (χ1v) is 6.82. The van der Waals surface area contributed by atoms with Crippen LogP contribution in [0.4, 0.5) is 0 Å². The van der Waals surface area contributed by atoms with Crippen LogP contribution in [-0.2, 0) is 4.79 Å². The average Bonchev–Trinajstić information content (AvgIpc) is 2.40. The van der Waals surface area contributed by atoms with Crippen LogP contribution in [-0.4, -0.2) is 30.4 Å². The summed E-state index contributed by atoms with van der Waals surface area (Å²) in [5.74, 6) is 0.133. The van der Waals surface area contributed by atoms with Crippen molar-refractivity contribution < 1.29 is 4.79 Å². The van der Waals surface area contributed by atoms with Crippen LogP contribution in [0, 0.1) is 0 Å². The molecule has 1 heterocycles. The molecule has 2 rings (SSSR count). The fourth-order valence-corrected chi connectivity index (χ4v) is 2.43. The van der Waals surface area contributed by atoms with Crippen LogP contribution in [0.1, 0.15) is 37.8 Å². The number of piperidine rings is 1. The average molecular weight is 246 g/mol. The largest absolute Gasteiger partial charge is 0.348 e. The Morgan fingerprint density at radius 2 is 1.89 bits per heavy atom. The van der Waals surface area contributed by atoms with E-state index in [1.54, 1.807) is 0 Å². The van der Waals surface area contributed by atoms with Gasteiger partial charge in [-0.1, -0.05) is 36.8 Å². The van der Waals surface area contributed by atoms with E-state index in [4.69, 9.17) is 0 Å². The van der Waals surface area contributed by atoms with Crippen molar-refractivity contribution in [2.45, 2.75) is 32.2 Å². The Kier molecular flexibility index (Phi) is 4.76. The van der Waals surface area contributed by atoms with Crippen molar-refractivity contribution in [1.82, 2.24) is 10.2 Å². The summed E-state index contributed by atoms with van der Waals surface area (Å²) in [6, 6.07) is 10.2. The van der Waals surface area contributed by atoms with E-state index < -0.39 is 0 Å². The lowest BCUT2D eigenvalue weighted by molar-refractivity contribution is -0.123. The topological polar surface area (TPSA) is 32.3 Å². The third kappa shape index (κ3) is 3.84. The quantitative estimate of drug-likeness (QED) is 0.884. The molecule has 1 aliphatic rings. The Morgan fingerprint density at radius 3 is 2.56 bits per heavy atom. The molecule has 1 amide bonds. The highest BCUT2D eigenvalue weighted by Crippen LogP contribution is 2.12. The van der Waals surface area contributed by atoms with Gasteiger partial charge in [0.2, 0.25) is 5.91 Å². The lowest BCUT2D eigenvalue weighted by atomic mass is 10.1. The summed E-state index contributed by atoms with van der Waals surface area (Å²) in [5.41, 5.74) is 1.16. The number of hydrogen-bond acceptors (Lipinski definition) is 2. The number of carbonyl (C=O) groups excluding carboxylic acids is 1. The molecule has 1 aliphatic heterocycles. The van der Waals surface area contributed by atoms with Crippen LogP contribution in [0.2, 0.25) is 0 Å². The molecule has 1 atom stereocenters. The maximum absolute atomic E-state index is 11.9. The molecular weight excluding hydrogens is 224 g/mol. The predicted molar refractivity (Wildman–Crippen MR) is 73.3 cm³/mol. The van der Waals surface area contributed by atoms with Gasteiger partial charge in [-0.25, -0.2) is 0 Å². The smallest absolute Gasteiger partial charge is 0.234 e. The molecule has 0 aliphatic carbocycles. The zero-order valence-electron chi connectivity index (χ0n) is 11.1. The molecule has 0 spiro atoms. The van der Waals surface area contributed by atoms with Gasteiger partial charge in [-0.05, 0) is 38.4 Å². The van der Waals surface area contributed by atoms with E-state index >= 15 is 0 Å². The predicted octanol–water partition coefficient (Wildman–Crippen LogP) is 2.35. The normalized spacial score (nSPS) is 18.3. The fourth-order valence-electron chi connectivity index (χ4n) is 2.43. The first kappa shape index (κ1) is 13.1. The maximum Gasteiger partial charge on any atom is 0.234 e. The van der Waals surface area contributed by atoms with Crippen LogP contribution in [0.15, 0.2) is 30.3 Å². The molecule has 1 unspecified atom stereocenters. The Morgan fingerprint density at radius 1 is 1.22 bits per heavy atom. The summed E-state index contributed by atoms with van der Waals surface area (Å²) in [6.45, 7) is 4.70. The van der Waals surface area contributed by atoms with Gasteiger partial charge in [0.15, 0.2) is 0 Å². The summed E-state index contributed by atoms with van der Waals surface area (Å²) >= 11 is 0. The summed E-state index contributed by atoms with van der Waals surface area (Å²) in [4.78, 5) is 14.2. The van der Waals surface area contributed by atoms with Crippen molar-refractivity contribution in [2.75, 3.05) is 19.6 Å². The van der Waals surface area contributed by atoms with Crippen molar-refractivity contribution >= 4 is 5.91 Å². The maximum atomic E-state index is 11.9. The van der Waals surface area contributed by atoms with Crippen molar-refractivity contribution in [3.05, 3.63) is 35.9 Å². The third-order valence-corrected chi connectivity index (χ3v) is 3.49. The van der Waals surface area contributed by atoms with Crippen LogP contribution in [0.5, 0.6) is 0 Å². The lowest BCUT2D eigenvalue weighted by Gasteiger charge is -2.26. The van der Waals surface area contributed by atoms with Gasteiger partial charge < -0.3 is 5.32 Å². The second-order valence-electron chi connectivity index (χ2n) is 5.04. The van der Waals surface area contributed by atoms with Crippen LogP contribution in [0.3, 0.4) is 0 Å². The summed E-state index contributed by atoms with van der Waals surface area (Å²) < 4.78 is 0. The second-order valence-corrected chi connectivity index (χ2v) is 5.04. The van der Waals surface area contributed by atoms with E-state index in [9.17, 15) is 4.79 Å². The van der Waals surface area contributed by atoms with Crippen molar-refractivity contribution in [2.24, 2.45) is 0 Å². The molecule has 1 aromatic rings. The molecule has 0 radical (unpaired) electrons. The van der Waals surface area contributed by atoms with Gasteiger partial charge in [0.1, 0.15) is 0 Å². The zero-order valence-corrected chi connectivity index (χ0v) is 11.1. The summed E-state index contributed by atoms with van der Waals surface area (Å²) in [6.07, 6.45) is 3.75. The highest BCUT2D eigenvalue weighted by molar-refractivity contribution is 5.78. The molecule has 0 saturated carbocycles. The lowest BCUT2D eigenvalue weighted by Crippen LogP contribution is -2.40. The monoisotopic (exact) mass is 246 g/mol. The molecule has 1 saturated heterocycles. The minimum absolute atomic E-state index is 0.0866. The number of hydrogen-bond donors (Lipinski definition) is 1. The number of carbonyl (C=O) groups is 1. The molecule has 3 heteroatoms. The Labute approximate surface area is 109 Å². The van der Waals surface area contributed by atoms with E-state index in [1.165, 1.54) is 19.3 Å². The molecule has 18 heavy (non-hydrogen) atoms. The number of likely N-dealkylation sites (tertiary alicyclic amines) is 1. The van der Waals surface area contributed by atoms with Crippen molar-refractivity contribution in [1.29, 1.82) is 0 Å². The van der Waals surface area contributed by atoms with E-state index in [-0.39, 0.29) is 11.9 Å². The van der Waals surface area contributed by atoms with Crippen LogP contribution in [0.25, 0.3) is 0 Å². The molecule has 1 fully saturated rings. The number of amides is 1. The number of nitrogens with one attached hydrogen (secondary N) is 1. The fraction of sp³-hybridized carbons (Fsp3) is 0.533. The van der Waals surface area contributed by atoms with Crippen LogP contribution >= 0.6 is 0 Å². The molecular formula is C15H22N2O. The standard InChI is InChI=1S/C15H22N2O/c1-13(14-8-4-2-5-9-14)16-15(18)12-17-10-6-3-7-11-17/h2,4-5,8-9,13H,3,6-7,10-12H2,1H3,(H,16,18). The van der Waals surface area contributed by atoms with Crippen LogP contribution < -0.4 is 5.32 Å². The van der Waals surface area contributed by atoms with E-state index in [2.05, 4.69) is 10.2 Å². The van der Waals surface area contributed by atoms with E-state index in [0.717, 1.165) is 18.7 Å². The van der Waals surface area contributed by atoms with Gasteiger partial charge in [0.25, 0.3) is 0 Å². The van der Waals surface area contributed by atoms with Gasteiger partial charge in [0, 0.05) is 0 Å². The Balaban J connectivity index is 1.80. The third-order valence-electron chi connectivity index (χ3n) is 3.49. The highest BCUT2D eigenvalue weighted by atomic mass is 16.2. The first-order valence-electron chi connectivity index (χ1n) is 6.82. The van der Waals surface area contributed by atoms with Gasteiger partial charge in [0.05, 0.1) is 12.6 Å². The number of benzene rings is 1. The van der Waals surface area contributed by atoms with Crippen molar-refractivity contribution in [3.63, 3.8) is 0 Å². The first-order chi connectivity index (χ1) is 8.75. The SMILES string of the molecule is CC(NC(=O)CN1CCCCC1)c1ccccc1. The second kappa shape index (κ2) is 6.55. The van der Waals surface area contributed by atoms with Crippen molar-refractivity contribution in [3.8, 4) is 0 Å². The van der Waals surface area contributed by atoms with Gasteiger partial charge in [-0.2, -0.15) is 0 Å². The molecule has 1 N–H and O–H groups in total. The van der Waals surface area contributed by atoms with E-state index in [0.29, 0.717) is 6.54 Å². The minimum atomic E-state index is 0.0866. The Hall–Kier alpha value is -1.35. The van der Waals surface area contributed by atoms with Gasteiger partial charge in [-0.15, -0.1) is 0 Å². The molecule has 98 valence electrons.